The normalized spacial score (nSPS) is 26.1. The van der Waals surface area contributed by atoms with Gasteiger partial charge in [0.25, 0.3) is 0 Å². The van der Waals surface area contributed by atoms with E-state index in [1.54, 1.807) is 11.3 Å². The molecular formula is C15H22N4OS. The Hall–Kier alpha value is -1.27. The number of rotatable bonds is 4. The summed E-state index contributed by atoms with van der Waals surface area (Å²) in [5, 5.41) is 7.20. The number of hydrogen-bond acceptors (Lipinski definition) is 6. The van der Waals surface area contributed by atoms with Gasteiger partial charge in [0.15, 0.2) is 5.82 Å². The number of aryl methyl sites for hydroxylation is 1. The Bertz CT molecular complexity index is 598. The van der Waals surface area contributed by atoms with Crippen molar-refractivity contribution in [2.24, 2.45) is 11.7 Å². The van der Waals surface area contributed by atoms with Crippen LogP contribution in [-0.4, -0.2) is 21.7 Å². The van der Waals surface area contributed by atoms with Crippen LogP contribution in [0, 0.1) is 12.8 Å². The average Bonchev–Trinajstić information content (AvgIpc) is 3.10. The third-order valence-corrected chi connectivity index (χ3v) is 5.49. The number of nitrogens with two attached hydrogens (primary N) is 1. The molecule has 114 valence electrons. The van der Waals surface area contributed by atoms with Crippen LogP contribution in [0.2, 0.25) is 0 Å². The summed E-state index contributed by atoms with van der Waals surface area (Å²) in [5.74, 6) is 2.20. The van der Waals surface area contributed by atoms with Gasteiger partial charge in [0.1, 0.15) is 5.01 Å². The summed E-state index contributed by atoms with van der Waals surface area (Å²) in [5.41, 5.74) is 6.97. The number of thiazole rings is 1. The highest BCUT2D eigenvalue weighted by molar-refractivity contribution is 7.09. The molecule has 0 radical (unpaired) electrons. The molecule has 5 nitrogen and oxygen atoms in total. The largest absolute Gasteiger partial charge is 0.339 e. The van der Waals surface area contributed by atoms with E-state index in [9.17, 15) is 0 Å². The van der Waals surface area contributed by atoms with Gasteiger partial charge in [0.05, 0.1) is 11.8 Å². The maximum atomic E-state index is 6.04. The molecule has 1 fully saturated rings. The highest BCUT2D eigenvalue weighted by Crippen LogP contribution is 2.40. The zero-order valence-corrected chi connectivity index (χ0v) is 13.4. The second-order valence-corrected chi connectivity index (χ2v) is 7.18. The minimum absolute atomic E-state index is 0.115. The molecule has 1 aliphatic rings. The van der Waals surface area contributed by atoms with Crippen LogP contribution in [0.1, 0.15) is 55.0 Å². The van der Waals surface area contributed by atoms with Gasteiger partial charge >= 0.3 is 0 Å². The van der Waals surface area contributed by atoms with Gasteiger partial charge in [-0.25, -0.2) is 4.98 Å². The zero-order chi connectivity index (χ0) is 14.9. The molecule has 2 aromatic rings. The predicted molar refractivity (Wildman–Crippen MR) is 82.3 cm³/mol. The topological polar surface area (TPSA) is 77.8 Å². The minimum Gasteiger partial charge on any atom is -0.339 e. The molecule has 2 heterocycles. The molecular weight excluding hydrogens is 284 g/mol. The van der Waals surface area contributed by atoms with Crippen molar-refractivity contribution < 1.29 is 4.52 Å². The number of aromatic nitrogens is 3. The minimum atomic E-state index is -0.115. The first-order valence-corrected chi connectivity index (χ1v) is 8.43. The van der Waals surface area contributed by atoms with E-state index in [0.29, 0.717) is 18.8 Å². The molecule has 2 aromatic heterocycles. The Balaban J connectivity index is 1.77. The van der Waals surface area contributed by atoms with Crippen LogP contribution in [0.15, 0.2) is 9.90 Å². The third-order valence-electron chi connectivity index (χ3n) is 4.52. The monoisotopic (exact) mass is 306 g/mol. The lowest BCUT2D eigenvalue weighted by atomic mass is 9.71. The standard InChI is InChI=1S/C15H22N4OS/c1-10-3-5-15(9-16,6-4-10)14-18-12(19-20-14)7-13-17-11(2)8-21-13/h8,10H,3-7,9,16H2,1-2H3. The van der Waals surface area contributed by atoms with Crippen LogP contribution in [-0.2, 0) is 11.8 Å². The summed E-state index contributed by atoms with van der Waals surface area (Å²) in [6, 6.07) is 0. The molecule has 0 bridgehead atoms. The van der Waals surface area contributed by atoms with Gasteiger partial charge in [0.2, 0.25) is 5.89 Å². The van der Waals surface area contributed by atoms with Crippen molar-refractivity contribution in [1.82, 2.24) is 15.1 Å². The van der Waals surface area contributed by atoms with Gasteiger partial charge in [0, 0.05) is 17.6 Å². The fourth-order valence-corrected chi connectivity index (χ4v) is 3.75. The number of hydrogen-bond donors (Lipinski definition) is 1. The van der Waals surface area contributed by atoms with Gasteiger partial charge in [-0.2, -0.15) is 4.98 Å². The Kier molecular flexibility index (Phi) is 4.08. The Morgan fingerprint density at radius 2 is 2.14 bits per heavy atom. The molecule has 0 atom stereocenters. The predicted octanol–water partition coefficient (Wildman–Crippen LogP) is 2.83. The van der Waals surface area contributed by atoms with Crippen LogP contribution in [0.3, 0.4) is 0 Å². The maximum absolute atomic E-state index is 6.04. The molecule has 21 heavy (non-hydrogen) atoms. The summed E-state index contributed by atoms with van der Waals surface area (Å²) in [6.45, 7) is 4.87. The smallest absolute Gasteiger partial charge is 0.234 e. The van der Waals surface area contributed by atoms with E-state index in [0.717, 1.165) is 35.4 Å². The Labute approximate surface area is 129 Å². The van der Waals surface area contributed by atoms with Crippen LogP contribution < -0.4 is 5.73 Å². The first-order chi connectivity index (χ1) is 10.1. The zero-order valence-electron chi connectivity index (χ0n) is 12.6. The molecule has 0 saturated heterocycles. The van der Waals surface area contributed by atoms with Gasteiger partial charge in [-0.3, -0.25) is 0 Å². The van der Waals surface area contributed by atoms with Gasteiger partial charge < -0.3 is 10.3 Å². The van der Waals surface area contributed by atoms with Gasteiger partial charge in [-0.15, -0.1) is 11.3 Å². The lowest BCUT2D eigenvalue weighted by Crippen LogP contribution is -2.39. The van der Waals surface area contributed by atoms with Crippen molar-refractivity contribution in [2.75, 3.05) is 6.54 Å². The number of nitrogens with zero attached hydrogens (tertiary/aromatic N) is 3. The van der Waals surface area contributed by atoms with E-state index in [-0.39, 0.29) is 5.41 Å². The SMILES string of the molecule is Cc1csc(Cc2noc(C3(CN)CCC(C)CC3)n2)n1. The van der Waals surface area contributed by atoms with E-state index in [4.69, 9.17) is 10.3 Å². The summed E-state index contributed by atoms with van der Waals surface area (Å²) in [7, 11) is 0. The lowest BCUT2D eigenvalue weighted by molar-refractivity contribution is 0.191. The van der Waals surface area contributed by atoms with E-state index >= 15 is 0 Å². The molecule has 1 aliphatic carbocycles. The Morgan fingerprint density at radius 3 is 2.76 bits per heavy atom. The maximum Gasteiger partial charge on any atom is 0.234 e. The van der Waals surface area contributed by atoms with Gasteiger partial charge in [-0.1, -0.05) is 12.1 Å². The first kappa shape index (κ1) is 14.7. The molecule has 6 heteroatoms. The second kappa shape index (κ2) is 5.85. The summed E-state index contributed by atoms with van der Waals surface area (Å²) in [6.07, 6.45) is 5.09. The lowest BCUT2D eigenvalue weighted by Gasteiger charge is -2.35. The average molecular weight is 306 g/mol. The highest BCUT2D eigenvalue weighted by Gasteiger charge is 2.39. The van der Waals surface area contributed by atoms with E-state index in [1.165, 1.54) is 12.8 Å². The molecule has 0 amide bonds. The molecule has 1 saturated carbocycles. The van der Waals surface area contributed by atoms with Crippen LogP contribution in [0.5, 0.6) is 0 Å². The summed E-state index contributed by atoms with van der Waals surface area (Å²) < 4.78 is 5.55. The third kappa shape index (κ3) is 3.01. The van der Waals surface area contributed by atoms with Crippen LogP contribution >= 0.6 is 11.3 Å². The molecule has 0 unspecified atom stereocenters. The quantitative estimate of drug-likeness (QED) is 0.939. The van der Waals surface area contributed by atoms with Gasteiger partial charge in [-0.05, 0) is 38.5 Å². The first-order valence-electron chi connectivity index (χ1n) is 7.55. The van der Waals surface area contributed by atoms with Crippen LogP contribution in [0.25, 0.3) is 0 Å². The molecule has 2 N–H and O–H groups in total. The van der Waals surface area contributed by atoms with E-state index in [1.807, 2.05) is 12.3 Å². The van der Waals surface area contributed by atoms with Crippen molar-refractivity contribution in [1.29, 1.82) is 0 Å². The van der Waals surface area contributed by atoms with Crippen molar-refractivity contribution in [3.05, 3.63) is 27.8 Å². The van der Waals surface area contributed by atoms with Crippen molar-refractivity contribution in [3.63, 3.8) is 0 Å². The fourth-order valence-electron chi connectivity index (χ4n) is 2.98. The highest BCUT2D eigenvalue weighted by atomic mass is 32.1. The van der Waals surface area contributed by atoms with Crippen molar-refractivity contribution in [3.8, 4) is 0 Å². The van der Waals surface area contributed by atoms with E-state index in [2.05, 4.69) is 22.0 Å². The fraction of sp³-hybridized carbons (Fsp3) is 0.667. The molecule has 0 aliphatic heterocycles. The van der Waals surface area contributed by atoms with Crippen molar-refractivity contribution >= 4 is 11.3 Å². The van der Waals surface area contributed by atoms with E-state index < -0.39 is 0 Å². The summed E-state index contributed by atoms with van der Waals surface area (Å²) >= 11 is 1.64. The Morgan fingerprint density at radius 1 is 1.38 bits per heavy atom. The molecule has 0 spiro atoms. The van der Waals surface area contributed by atoms with Crippen molar-refractivity contribution in [2.45, 2.75) is 51.4 Å². The van der Waals surface area contributed by atoms with Crippen LogP contribution in [0.4, 0.5) is 0 Å². The summed E-state index contributed by atoms with van der Waals surface area (Å²) in [4.78, 5) is 9.06. The second-order valence-electron chi connectivity index (χ2n) is 6.24. The molecule has 0 aromatic carbocycles. The molecule has 3 rings (SSSR count).